The van der Waals surface area contributed by atoms with Gasteiger partial charge >= 0.3 is 6.09 Å². The lowest BCUT2D eigenvalue weighted by atomic mass is 10.0. The molecule has 0 spiro atoms. The molecule has 1 saturated heterocycles. The number of likely N-dealkylation sites (tertiary alicyclic amines) is 1. The van der Waals surface area contributed by atoms with Crippen LogP contribution in [-0.2, 0) is 9.53 Å². The molecule has 1 saturated carbocycles. The number of carbonyl (C=O) groups excluding carboxylic acids is 3. The summed E-state index contributed by atoms with van der Waals surface area (Å²) in [6.45, 7) is 3.24. The Morgan fingerprint density at radius 3 is 2.33 bits per heavy atom. The molecule has 158 valence electrons. The van der Waals surface area contributed by atoms with E-state index in [9.17, 15) is 14.4 Å². The number of fused-ring (bicyclic) bond motifs is 1. The van der Waals surface area contributed by atoms with Crippen molar-refractivity contribution >= 4 is 34.4 Å². The van der Waals surface area contributed by atoms with Crippen molar-refractivity contribution < 1.29 is 19.1 Å². The van der Waals surface area contributed by atoms with Crippen molar-refractivity contribution in [2.45, 2.75) is 38.6 Å². The maximum absolute atomic E-state index is 13.1. The third kappa shape index (κ3) is 4.56. The molecule has 1 heterocycles. The molecule has 7 nitrogen and oxygen atoms in total. The van der Waals surface area contributed by atoms with Crippen LogP contribution >= 0.6 is 0 Å². The first-order chi connectivity index (χ1) is 14.5. The Kier molecular flexibility index (Phi) is 5.88. The Balaban J connectivity index is 1.48. The first-order valence-electron chi connectivity index (χ1n) is 10.6. The molecule has 2 fully saturated rings. The predicted octanol–water partition coefficient (Wildman–Crippen LogP) is 3.54. The third-order valence-electron chi connectivity index (χ3n) is 5.69. The van der Waals surface area contributed by atoms with E-state index >= 15 is 0 Å². The minimum absolute atomic E-state index is 0.0259. The molecule has 0 atom stereocenters. The van der Waals surface area contributed by atoms with Gasteiger partial charge in [0, 0.05) is 25.0 Å². The van der Waals surface area contributed by atoms with Crippen molar-refractivity contribution in [1.82, 2.24) is 10.2 Å². The second kappa shape index (κ2) is 8.73. The molecule has 1 aliphatic carbocycles. The van der Waals surface area contributed by atoms with Gasteiger partial charge in [-0.2, -0.15) is 0 Å². The van der Waals surface area contributed by atoms with Gasteiger partial charge in [0.15, 0.2) is 0 Å². The van der Waals surface area contributed by atoms with Crippen LogP contribution in [0.4, 0.5) is 10.5 Å². The van der Waals surface area contributed by atoms with E-state index in [1.807, 2.05) is 36.4 Å². The molecule has 2 aliphatic rings. The molecular weight excluding hydrogens is 382 g/mol. The molecular formula is C23H27N3O4. The first kappa shape index (κ1) is 20.2. The summed E-state index contributed by atoms with van der Waals surface area (Å²) >= 11 is 0. The zero-order valence-corrected chi connectivity index (χ0v) is 17.1. The molecule has 0 aromatic heterocycles. The van der Waals surface area contributed by atoms with Gasteiger partial charge in [-0.1, -0.05) is 24.3 Å². The minimum atomic E-state index is -0.304. The van der Waals surface area contributed by atoms with Gasteiger partial charge in [-0.3, -0.25) is 9.59 Å². The number of rotatable bonds is 5. The van der Waals surface area contributed by atoms with E-state index in [0.29, 0.717) is 43.8 Å². The Morgan fingerprint density at radius 2 is 1.70 bits per heavy atom. The Bertz CT molecular complexity index is 962. The fourth-order valence-corrected chi connectivity index (χ4v) is 3.80. The largest absolute Gasteiger partial charge is 0.450 e. The van der Waals surface area contributed by atoms with Gasteiger partial charge in [-0.05, 0) is 55.5 Å². The molecule has 0 bridgehead atoms. The zero-order valence-electron chi connectivity index (χ0n) is 17.1. The number of carbonyl (C=O) groups is 3. The summed E-state index contributed by atoms with van der Waals surface area (Å²) in [6.07, 6.45) is 2.84. The van der Waals surface area contributed by atoms with E-state index in [1.54, 1.807) is 11.8 Å². The van der Waals surface area contributed by atoms with E-state index in [0.717, 1.165) is 23.6 Å². The van der Waals surface area contributed by atoms with Crippen LogP contribution in [0.1, 0.15) is 43.0 Å². The number of ether oxygens (including phenoxy) is 1. The lowest BCUT2D eigenvalue weighted by molar-refractivity contribution is -0.117. The van der Waals surface area contributed by atoms with Crippen molar-refractivity contribution in [1.29, 1.82) is 0 Å². The van der Waals surface area contributed by atoms with Crippen LogP contribution in [0.2, 0.25) is 0 Å². The van der Waals surface area contributed by atoms with Crippen molar-refractivity contribution in [2.75, 3.05) is 25.0 Å². The van der Waals surface area contributed by atoms with E-state index in [-0.39, 0.29) is 29.9 Å². The fourth-order valence-electron chi connectivity index (χ4n) is 3.80. The average Bonchev–Trinajstić information content (AvgIpc) is 3.59. The quantitative estimate of drug-likeness (QED) is 0.791. The van der Waals surface area contributed by atoms with Crippen LogP contribution in [0.5, 0.6) is 0 Å². The molecule has 30 heavy (non-hydrogen) atoms. The topological polar surface area (TPSA) is 87.7 Å². The number of hydrogen-bond donors (Lipinski definition) is 2. The highest BCUT2D eigenvalue weighted by Gasteiger charge is 2.31. The molecule has 2 aromatic carbocycles. The van der Waals surface area contributed by atoms with Gasteiger partial charge in [0.25, 0.3) is 5.91 Å². The normalized spacial score (nSPS) is 16.9. The smallest absolute Gasteiger partial charge is 0.409 e. The standard InChI is InChI=1S/C23H27N3O4/c1-2-30-23(29)26-11-9-18(10-12-26)24-22(28)19-13-16-5-3-4-6-17(16)14-20(19)25-21(27)15-7-8-15/h3-6,13-15,18H,2,7-12H2,1H3,(H,24,28)(H,25,27). The Hall–Kier alpha value is -3.09. The van der Waals surface area contributed by atoms with Gasteiger partial charge in [-0.25, -0.2) is 4.79 Å². The van der Waals surface area contributed by atoms with Crippen LogP contribution in [0.15, 0.2) is 36.4 Å². The highest BCUT2D eigenvalue weighted by Crippen LogP contribution is 2.32. The second-order valence-corrected chi connectivity index (χ2v) is 7.94. The highest BCUT2D eigenvalue weighted by atomic mass is 16.6. The summed E-state index contributed by atoms with van der Waals surface area (Å²) in [6, 6.07) is 11.5. The van der Waals surface area contributed by atoms with Gasteiger partial charge < -0.3 is 20.3 Å². The van der Waals surface area contributed by atoms with Gasteiger partial charge in [0.05, 0.1) is 17.9 Å². The van der Waals surface area contributed by atoms with E-state index < -0.39 is 0 Å². The lowest BCUT2D eigenvalue weighted by Crippen LogP contribution is -2.46. The average molecular weight is 409 g/mol. The van der Waals surface area contributed by atoms with Crippen molar-refractivity contribution in [3.05, 3.63) is 42.0 Å². The zero-order chi connectivity index (χ0) is 21.1. The highest BCUT2D eigenvalue weighted by molar-refractivity contribution is 6.08. The maximum atomic E-state index is 13.1. The Labute approximate surface area is 175 Å². The van der Waals surface area contributed by atoms with Crippen molar-refractivity contribution in [3.63, 3.8) is 0 Å². The van der Waals surface area contributed by atoms with Gasteiger partial charge in [0.1, 0.15) is 0 Å². The van der Waals surface area contributed by atoms with E-state index in [1.165, 1.54) is 0 Å². The van der Waals surface area contributed by atoms with Crippen LogP contribution < -0.4 is 10.6 Å². The number of nitrogens with zero attached hydrogens (tertiary/aromatic N) is 1. The van der Waals surface area contributed by atoms with Gasteiger partial charge in [-0.15, -0.1) is 0 Å². The van der Waals surface area contributed by atoms with Crippen molar-refractivity contribution in [3.8, 4) is 0 Å². The van der Waals surface area contributed by atoms with Crippen LogP contribution in [0.25, 0.3) is 10.8 Å². The maximum Gasteiger partial charge on any atom is 0.409 e. The summed E-state index contributed by atoms with van der Waals surface area (Å²) in [5, 5.41) is 7.95. The minimum Gasteiger partial charge on any atom is -0.450 e. The molecule has 1 aliphatic heterocycles. The molecule has 3 amide bonds. The number of hydrogen-bond acceptors (Lipinski definition) is 4. The van der Waals surface area contributed by atoms with E-state index in [2.05, 4.69) is 10.6 Å². The fraction of sp³-hybridized carbons (Fsp3) is 0.435. The molecule has 2 aromatic rings. The molecule has 0 radical (unpaired) electrons. The number of benzene rings is 2. The molecule has 0 unspecified atom stereocenters. The molecule has 2 N–H and O–H groups in total. The summed E-state index contributed by atoms with van der Waals surface area (Å²) in [5.74, 6) is -0.178. The number of nitrogens with one attached hydrogen (secondary N) is 2. The molecule has 7 heteroatoms. The first-order valence-corrected chi connectivity index (χ1v) is 10.6. The van der Waals surface area contributed by atoms with E-state index in [4.69, 9.17) is 4.74 Å². The van der Waals surface area contributed by atoms with Crippen molar-refractivity contribution in [2.24, 2.45) is 5.92 Å². The number of anilines is 1. The monoisotopic (exact) mass is 409 g/mol. The number of piperidine rings is 1. The summed E-state index contributed by atoms with van der Waals surface area (Å²) in [5.41, 5.74) is 1.02. The van der Waals surface area contributed by atoms with Crippen LogP contribution in [-0.4, -0.2) is 48.5 Å². The Morgan fingerprint density at radius 1 is 1.03 bits per heavy atom. The van der Waals surface area contributed by atoms with Crippen LogP contribution in [0.3, 0.4) is 0 Å². The summed E-state index contributed by atoms with van der Waals surface area (Å²) in [4.78, 5) is 39.0. The third-order valence-corrected chi connectivity index (χ3v) is 5.69. The molecule has 4 rings (SSSR count). The second-order valence-electron chi connectivity index (χ2n) is 7.94. The summed E-state index contributed by atoms with van der Waals surface area (Å²) < 4.78 is 5.04. The predicted molar refractivity (Wildman–Crippen MR) is 114 cm³/mol. The van der Waals surface area contributed by atoms with Crippen LogP contribution in [0, 0.1) is 5.92 Å². The lowest BCUT2D eigenvalue weighted by Gasteiger charge is -2.31. The summed E-state index contributed by atoms with van der Waals surface area (Å²) in [7, 11) is 0. The van der Waals surface area contributed by atoms with Gasteiger partial charge in [0.2, 0.25) is 5.91 Å². The number of amides is 3. The SMILES string of the molecule is CCOC(=O)N1CCC(NC(=O)c2cc3ccccc3cc2NC(=O)C2CC2)CC1.